The van der Waals surface area contributed by atoms with Gasteiger partial charge in [0.05, 0.1) is 19.6 Å². The minimum absolute atomic E-state index is 0.0136. The SMILES string of the molecule is COc1ccc([C@@H]2CC(=O)c3c(O)cc(O[C@@H]4O[C@@H](C)[C@H](O)[C@H](O)[C@H]4O)cc3O2)cc1O. The van der Waals surface area contributed by atoms with Gasteiger partial charge < -0.3 is 44.5 Å². The molecule has 5 N–H and O–H groups in total. The van der Waals surface area contributed by atoms with E-state index in [4.69, 9.17) is 18.9 Å². The third kappa shape index (κ3) is 3.93. The van der Waals surface area contributed by atoms with Crippen LogP contribution in [0.25, 0.3) is 0 Å². The van der Waals surface area contributed by atoms with Gasteiger partial charge in [-0.15, -0.1) is 0 Å². The zero-order valence-corrected chi connectivity index (χ0v) is 17.3. The second-order valence-electron chi connectivity index (χ2n) is 7.78. The number of hydrogen-bond donors (Lipinski definition) is 5. The molecule has 2 aromatic rings. The molecule has 172 valence electrons. The molecule has 6 atom stereocenters. The molecule has 10 nitrogen and oxygen atoms in total. The highest BCUT2D eigenvalue weighted by Gasteiger charge is 2.43. The summed E-state index contributed by atoms with van der Waals surface area (Å²) in [6, 6.07) is 7.18. The monoisotopic (exact) mass is 448 g/mol. The van der Waals surface area contributed by atoms with Crippen LogP contribution in [0.4, 0.5) is 0 Å². The van der Waals surface area contributed by atoms with Crippen LogP contribution in [0.2, 0.25) is 0 Å². The van der Waals surface area contributed by atoms with Crippen molar-refractivity contribution < 1.29 is 49.3 Å². The van der Waals surface area contributed by atoms with Gasteiger partial charge >= 0.3 is 0 Å². The third-order valence-electron chi connectivity index (χ3n) is 5.61. The predicted octanol–water partition coefficient (Wildman–Crippen LogP) is 1.02. The number of fused-ring (bicyclic) bond motifs is 1. The molecule has 2 aliphatic heterocycles. The average molecular weight is 448 g/mol. The largest absolute Gasteiger partial charge is 0.507 e. The van der Waals surface area contributed by atoms with Crippen molar-refractivity contribution >= 4 is 5.78 Å². The van der Waals surface area contributed by atoms with E-state index in [1.165, 1.54) is 32.2 Å². The van der Waals surface area contributed by atoms with Crippen LogP contribution in [0, 0.1) is 0 Å². The van der Waals surface area contributed by atoms with Crippen molar-refractivity contribution in [3.8, 4) is 28.7 Å². The Morgan fingerprint density at radius 2 is 1.75 bits per heavy atom. The Labute approximate surface area is 183 Å². The minimum atomic E-state index is -1.54. The van der Waals surface area contributed by atoms with Crippen molar-refractivity contribution in [2.75, 3.05) is 7.11 Å². The predicted molar refractivity (Wildman–Crippen MR) is 108 cm³/mol. The summed E-state index contributed by atoms with van der Waals surface area (Å²) in [7, 11) is 1.42. The fourth-order valence-electron chi connectivity index (χ4n) is 3.82. The molecule has 0 aromatic heterocycles. The first-order chi connectivity index (χ1) is 15.2. The number of phenols is 2. The number of ketones is 1. The summed E-state index contributed by atoms with van der Waals surface area (Å²) in [5.74, 6) is -0.501. The number of aliphatic hydroxyl groups excluding tert-OH is 3. The topological polar surface area (TPSA) is 155 Å². The molecule has 0 spiro atoms. The highest BCUT2D eigenvalue weighted by molar-refractivity contribution is 6.02. The van der Waals surface area contributed by atoms with Gasteiger partial charge in [-0.2, -0.15) is 0 Å². The highest BCUT2D eigenvalue weighted by Crippen LogP contribution is 2.43. The van der Waals surface area contributed by atoms with Crippen molar-refractivity contribution in [3.63, 3.8) is 0 Å². The Hall–Kier alpha value is -3.05. The van der Waals surface area contributed by atoms with E-state index in [2.05, 4.69) is 0 Å². The average Bonchev–Trinajstić information content (AvgIpc) is 2.75. The molecule has 0 bridgehead atoms. The second-order valence-corrected chi connectivity index (χ2v) is 7.78. The molecule has 32 heavy (non-hydrogen) atoms. The maximum atomic E-state index is 12.7. The van der Waals surface area contributed by atoms with Crippen LogP contribution in [-0.4, -0.2) is 69.1 Å². The Balaban J connectivity index is 1.60. The molecule has 10 heteroatoms. The number of aliphatic hydroxyl groups is 3. The van der Waals surface area contributed by atoms with Crippen molar-refractivity contribution in [3.05, 3.63) is 41.5 Å². The molecule has 0 aliphatic carbocycles. The van der Waals surface area contributed by atoms with Crippen LogP contribution < -0.4 is 14.2 Å². The number of benzene rings is 2. The van der Waals surface area contributed by atoms with E-state index < -0.39 is 36.8 Å². The summed E-state index contributed by atoms with van der Waals surface area (Å²) in [5, 5.41) is 50.3. The number of aromatic hydroxyl groups is 2. The molecule has 0 unspecified atom stereocenters. The van der Waals surface area contributed by atoms with Crippen molar-refractivity contribution in [2.45, 2.75) is 50.2 Å². The molecule has 1 saturated heterocycles. The summed E-state index contributed by atoms with van der Waals surface area (Å²) >= 11 is 0. The quantitative estimate of drug-likeness (QED) is 0.458. The fourth-order valence-corrected chi connectivity index (χ4v) is 3.82. The van der Waals surface area contributed by atoms with Gasteiger partial charge in [0.15, 0.2) is 17.3 Å². The first kappa shape index (κ1) is 22.2. The van der Waals surface area contributed by atoms with Gasteiger partial charge in [0, 0.05) is 12.1 Å². The van der Waals surface area contributed by atoms with Gasteiger partial charge in [-0.05, 0) is 24.6 Å². The van der Waals surface area contributed by atoms with Gasteiger partial charge in [0.25, 0.3) is 0 Å². The van der Waals surface area contributed by atoms with E-state index in [9.17, 15) is 30.3 Å². The van der Waals surface area contributed by atoms with Gasteiger partial charge in [-0.1, -0.05) is 6.07 Å². The lowest BCUT2D eigenvalue weighted by molar-refractivity contribution is -0.268. The Morgan fingerprint density at radius 1 is 1.00 bits per heavy atom. The van der Waals surface area contributed by atoms with Gasteiger partial charge in [0.1, 0.15) is 47.2 Å². The molecule has 4 rings (SSSR count). The normalized spacial score (nSPS) is 29.7. The van der Waals surface area contributed by atoms with Crippen LogP contribution >= 0.6 is 0 Å². The first-order valence-electron chi connectivity index (χ1n) is 9.99. The molecule has 2 aromatic carbocycles. The standard InChI is InChI=1S/C22H24O10/c1-9-19(26)20(27)21(28)22(30-9)31-11-6-13(24)18-14(25)8-16(32-17(18)7-11)10-3-4-15(29-2)12(23)5-10/h3-7,9,16,19-24,26-28H,8H2,1-2H3/t9-,16-,19-,20-,21+,22-/m0/s1. The second kappa shape index (κ2) is 8.47. The van der Waals surface area contributed by atoms with Crippen LogP contribution in [0.3, 0.4) is 0 Å². The van der Waals surface area contributed by atoms with E-state index in [1.807, 2.05) is 0 Å². The van der Waals surface area contributed by atoms with Gasteiger partial charge in [-0.3, -0.25) is 4.79 Å². The lowest BCUT2D eigenvalue weighted by Crippen LogP contribution is -2.58. The summed E-state index contributed by atoms with van der Waals surface area (Å²) in [5.41, 5.74) is 0.519. The molecular formula is C22H24O10. The van der Waals surface area contributed by atoms with E-state index in [1.54, 1.807) is 12.1 Å². The van der Waals surface area contributed by atoms with Crippen molar-refractivity contribution in [1.29, 1.82) is 0 Å². The van der Waals surface area contributed by atoms with Crippen molar-refractivity contribution in [1.82, 2.24) is 0 Å². The van der Waals surface area contributed by atoms with E-state index >= 15 is 0 Å². The summed E-state index contributed by atoms with van der Waals surface area (Å²) in [4.78, 5) is 12.7. The Morgan fingerprint density at radius 3 is 2.44 bits per heavy atom. The molecular weight excluding hydrogens is 424 g/mol. The van der Waals surface area contributed by atoms with Crippen LogP contribution in [0.5, 0.6) is 28.7 Å². The molecule has 0 radical (unpaired) electrons. The van der Waals surface area contributed by atoms with Crippen LogP contribution in [-0.2, 0) is 4.74 Å². The summed E-state index contributed by atoms with van der Waals surface area (Å²) in [6.45, 7) is 1.51. The van der Waals surface area contributed by atoms with Gasteiger partial charge in [0.2, 0.25) is 6.29 Å². The number of Topliss-reactive ketones (excluding diaryl/α,β-unsaturated/α-hetero) is 1. The first-order valence-corrected chi connectivity index (χ1v) is 9.99. The van der Waals surface area contributed by atoms with Gasteiger partial charge in [-0.25, -0.2) is 0 Å². The highest BCUT2D eigenvalue weighted by atomic mass is 16.7. The molecule has 1 fully saturated rings. The van der Waals surface area contributed by atoms with E-state index in [0.29, 0.717) is 5.56 Å². The Kier molecular flexibility index (Phi) is 5.87. The van der Waals surface area contributed by atoms with E-state index in [-0.39, 0.29) is 46.5 Å². The fraction of sp³-hybridized carbons (Fsp3) is 0.409. The lowest BCUT2D eigenvalue weighted by Gasteiger charge is -2.39. The molecule has 0 amide bonds. The Bertz CT molecular complexity index is 1020. The zero-order valence-electron chi connectivity index (χ0n) is 17.3. The van der Waals surface area contributed by atoms with E-state index in [0.717, 1.165) is 0 Å². The number of carbonyl (C=O) groups is 1. The number of carbonyl (C=O) groups excluding carboxylic acids is 1. The zero-order chi connectivity index (χ0) is 23.2. The number of rotatable bonds is 4. The molecule has 2 aliphatic rings. The number of methoxy groups -OCH3 is 1. The minimum Gasteiger partial charge on any atom is -0.507 e. The smallest absolute Gasteiger partial charge is 0.229 e. The molecule has 2 heterocycles. The van der Waals surface area contributed by atoms with Crippen LogP contribution in [0.1, 0.15) is 35.4 Å². The maximum absolute atomic E-state index is 12.7. The lowest BCUT2D eigenvalue weighted by atomic mass is 9.95. The number of phenolic OH excluding ortho intramolecular Hbond substituents is 2. The maximum Gasteiger partial charge on any atom is 0.229 e. The van der Waals surface area contributed by atoms with Crippen molar-refractivity contribution in [2.24, 2.45) is 0 Å². The van der Waals surface area contributed by atoms with Crippen LogP contribution in [0.15, 0.2) is 30.3 Å². The summed E-state index contributed by atoms with van der Waals surface area (Å²) < 4.78 is 21.9. The molecule has 0 saturated carbocycles. The number of hydrogen-bond acceptors (Lipinski definition) is 10. The summed E-state index contributed by atoms with van der Waals surface area (Å²) in [6.07, 6.45) is -7.24. The third-order valence-corrected chi connectivity index (χ3v) is 5.61. The number of ether oxygens (including phenoxy) is 4.